The van der Waals surface area contributed by atoms with E-state index < -0.39 is 0 Å². The van der Waals surface area contributed by atoms with Crippen LogP contribution >= 0.6 is 0 Å². The van der Waals surface area contributed by atoms with Gasteiger partial charge >= 0.3 is 0 Å². The van der Waals surface area contributed by atoms with E-state index in [0.29, 0.717) is 5.56 Å². The molecule has 1 aromatic heterocycles. The Morgan fingerprint density at radius 2 is 1.95 bits per heavy atom. The van der Waals surface area contributed by atoms with Crippen molar-refractivity contribution in [2.45, 2.75) is 0 Å². The number of carbonyl (C=O) groups excluding carboxylic acids is 1. The van der Waals surface area contributed by atoms with Crippen LogP contribution in [0.4, 0.5) is 11.4 Å². The summed E-state index contributed by atoms with van der Waals surface area (Å²) in [6.45, 7) is 0. The molecule has 0 aliphatic heterocycles. The van der Waals surface area contributed by atoms with Crippen molar-refractivity contribution in [2.24, 2.45) is 0 Å². The van der Waals surface area contributed by atoms with Gasteiger partial charge in [0.1, 0.15) is 0 Å². The second kappa shape index (κ2) is 5.28. The first kappa shape index (κ1) is 13.2. The highest BCUT2D eigenvalue weighted by atomic mass is 16.1. The molecule has 2 N–H and O–H groups in total. The molecule has 1 amide bonds. The lowest BCUT2D eigenvalue weighted by atomic mass is 10.1. The van der Waals surface area contributed by atoms with Crippen LogP contribution in [0.1, 0.15) is 10.4 Å². The number of benzene rings is 2. The molecule has 0 radical (unpaired) electrons. The summed E-state index contributed by atoms with van der Waals surface area (Å²) in [4.78, 5) is 14.5. The maximum absolute atomic E-state index is 12.5. The molecule has 0 unspecified atom stereocenters. The van der Waals surface area contributed by atoms with Crippen LogP contribution < -0.4 is 10.2 Å². The van der Waals surface area contributed by atoms with E-state index in [0.717, 1.165) is 22.3 Å². The van der Waals surface area contributed by atoms with Crippen LogP contribution in [0.3, 0.4) is 0 Å². The van der Waals surface area contributed by atoms with Crippen LogP contribution in [0, 0.1) is 0 Å². The van der Waals surface area contributed by atoms with Crippen LogP contribution in [0.5, 0.6) is 0 Å². The van der Waals surface area contributed by atoms with Crippen LogP contribution in [0.2, 0.25) is 0 Å². The molecule has 0 fully saturated rings. The molecule has 3 rings (SSSR count). The van der Waals surface area contributed by atoms with Gasteiger partial charge in [-0.15, -0.1) is 0 Å². The third-order valence-corrected chi connectivity index (χ3v) is 3.36. The SMILES string of the molecule is CN(C)c1ccccc1C(=O)Nc1cccc2[nH]ncc12. The molecule has 0 spiro atoms. The fraction of sp³-hybridized carbons (Fsp3) is 0.125. The minimum absolute atomic E-state index is 0.131. The smallest absolute Gasteiger partial charge is 0.257 e. The summed E-state index contributed by atoms with van der Waals surface area (Å²) in [5.41, 5.74) is 3.17. The number of para-hydroxylation sites is 1. The maximum Gasteiger partial charge on any atom is 0.257 e. The lowest BCUT2D eigenvalue weighted by molar-refractivity contribution is 0.102. The van der Waals surface area contributed by atoms with E-state index in [2.05, 4.69) is 15.5 Å². The number of hydrogen-bond acceptors (Lipinski definition) is 3. The van der Waals surface area contributed by atoms with Crippen molar-refractivity contribution in [1.29, 1.82) is 0 Å². The molecule has 0 bridgehead atoms. The number of fused-ring (bicyclic) bond motifs is 1. The first-order chi connectivity index (χ1) is 10.2. The number of aromatic nitrogens is 2. The monoisotopic (exact) mass is 280 g/mol. The number of hydrogen-bond donors (Lipinski definition) is 2. The van der Waals surface area contributed by atoms with Crippen molar-refractivity contribution in [3.05, 3.63) is 54.2 Å². The summed E-state index contributed by atoms with van der Waals surface area (Å²) in [5, 5.41) is 10.7. The molecule has 0 aliphatic rings. The predicted octanol–water partition coefficient (Wildman–Crippen LogP) is 2.88. The molecular weight excluding hydrogens is 264 g/mol. The van der Waals surface area contributed by atoms with E-state index in [9.17, 15) is 4.79 Å². The number of carbonyl (C=O) groups is 1. The molecule has 0 atom stereocenters. The summed E-state index contributed by atoms with van der Waals surface area (Å²) < 4.78 is 0. The number of amides is 1. The third-order valence-electron chi connectivity index (χ3n) is 3.36. The molecule has 0 aliphatic carbocycles. The highest BCUT2D eigenvalue weighted by Crippen LogP contribution is 2.24. The highest BCUT2D eigenvalue weighted by Gasteiger charge is 2.13. The van der Waals surface area contributed by atoms with Gasteiger partial charge in [0.15, 0.2) is 0 Å². The number of aromatic amines is 1. The van der Waals surface area contributed by atoms with Crippen molar-refractivity contribution in [3.8, 4) is 0 Å². The van der Waals surface area contributed by atoms with Gasteiger partial charge in [-0.3, -0.25) is 9.89 Å². The Balaban J connectivity index is 1.95. The average molecular weight is 280 g/mol. The Hall–Kier alpha value is -2.82. The van der Waals surface area contributed by atoms with Gasteiger partial charge in [-0.25, -0.2) is 0 Å². The van der Waals surface area contributed by atoms with Crippen LogP contribution in [-0.2, 0) is 0 Å². The van der Waals surface area contributed by atoms with E-state index in [-0.39, 0.29) is 5.91 Å². The Kier molecular flexibility index (Phi) is 3.31. The fourth-order valence-electron chi connectivity index (χ4n) is 2.32. The van der Waals surface area contributed by atoms with Crippen molar-refractivity contribution in [3.63, 3.8) is 0 Å². The Morgan fingerprint density at radius 3 is 2.76 bits per heavy atom. The minimum atomic E-state index is -0.131. The van der Waals surface area contributed by atoms with Gasteiger partial charge in [-0.1, -0.05) is 18.2 Å². The molecular formula is C16H16N4O. The number of anilines is 2. The van der Waals surface area contributed by atoms with Gasteiger partial charge in [0.25, 0.3) is 5.91 Å². The number of nitrogens with zero attached hydrogens (tertiary/aromatic N) is 2. The summed E-state index contributed by atoms with van der Waals surface area (Å²) in [5.74, 6) is -0.131. The number of nitrogens with one attached hydrogen (secondary N) is 2. The Bertz CT molecular complexity index is 792. The van der Waals surface area contributed by atoms with Crippen molar-refractivity contribution in [2.75, 3.05) is 24.3 Å². The van der Waals surface area contributed by atoms with Gasteiger partial charge < -0.3 is 10.2 Å². The van der Waals surface area contributed by atoms with Gasteiger partial charge in [-0.05, 0) is 24.3 Å². The topological polar surface area (TPSA) is 61.0 Å². The van der Waals surface area contributed by atoms with Crippen LogP contribution in [-0.4, -0.2) is 30.2 Å². The summed E-state index contributed by atoms with van der Waals surface area (Å²) in [6, 6.07) is 13.2. The van der Waals surface area contributed by atoms with Gasteiger partial charge in [-0.2, -0.15) is 5.10 Å². The van der Waals surface area contributed by atoms with E-state index >= 15 is 0 Å². The highest BCUT2D eigenvalue weighted by molar-refractivity contribution is 6.11. The first-order valence-corrected chi connectivity index (χ1v) is 6.66. The largest absolute Gasteiger partial charge is 0.377 e. The molecule has 1 heterocycles. The van der Waals surface area contributed by atoms with Gasteiger partial charge in [0, 0.05) is 25.2 Å². The third kappa shape index (κ3) is 2.45. The van der Waals surface area contributed by atoms with E-state index in [1.165, 1.54) is 0 Å². The van der Waals surface area contributed by atoms with Crippen LogP contribution in [0.15, 0.2) is 48.7 Å². The normalized spacial score (nSPS) is 10.6. The molecule has 3 aromatic rings. The van der Waals surface area contributed by atoms with Gasteiger partial charge in [0.2, 0.25) is 0 Å². The van der Waals surface area contributed by atoms with Gasteiger partial charge in [0.05, 0.1) is 23.0 Å². The van der Waals surface area contributed by atoms with Crippen molar-refractivity contribution < 1.29 is 4.79 Å². The molecule has 106 valence electrons. The minimum Gasteiger partial charge on any atom is -0.377 e. The quantitative estimate of drug-likeness (QED) is 0.775. The second-order valence-electron chi connectivity index (χ2n) is 5.00. The zero-order valence-electron chi connectivity index (χ0n) is 11.9. The number of rotatable bonds is 3. The number of H-pyrrole nitrogens is 1. The fourth-order valence-corrected chi connectivity index (χ4v) is 2.32. The molecule has 5 heteroatoms. The lowest BCUT2D eigenvalue weighted by Gasteiger charge is -2.17. The predicted molar refractivity (Wildman–Crippen MR) is 84.8 cm³/mol. The molecule has 21 heavy (non-hydrogen) atoms. The first-order valence-electron chi connectivity index (χ1n) is 6.66. The average Bonchev–Trinajstić information content (AvgIpc) is 2.96. The van der Waals surface area contributed by atoms with Crippen LogP contribution in [0.25, 0.3) is 10.9 Å². The van der Waals surface area contributed by atoms with Crippen molar-refractivity contribution in [1.82, 2.24) is 10.2 Å². The summed E-state index contributed by atoms with van der Waals surface area (Å²) in [7, 11) is 3.84. The summed E-state index contributed by atoms with van der Waals surface area (Å²) in [6.07, 6.45) is 1.71. The van der Waals surface area contributed by atoms with E-state index in [1.807, 2.05) is 61.5 Å². The maximum atomic E-state index is 12.5. The standard InChI is InChI=1S/C16H16N4O/c1-20(2)15-9-4-3-6-11(15)16(21)18-13-7-5-8-14-12(13)10-17-19-14/h3-10H,1-2H3,(H,17,19)(H,18,21). The molecule has 0 saturated carbocycles. The van der Waals surface area contributed by atoms with E-state index in [4.69, 9.17) is 0 Å². The molecule has 0 saturated heterocycles. The van der Waals surface area contributed by atoms with E-state index in [1.54, 1.807) is 6.20 Å². The summed E-state index contributed by atoms with van der Waals surface area (Å²) >= 11 is 0. The molecule has 5 nitrogen and oxygen atoms in total. The zero-order valence-corrected chi connectivity index (χ0v) is 11.9. The molecule has 2 aromatic carbocycles. The Labute approximate surface area is 122 Å². The zero-order chi connectivity index (χ0) is 14.8. The Morgan fingerprint density at radius 1 is 1.14 bits per heavy atom. The van der Waals surface area contributed by atoms with Crippen molar-refractivity contribution >= 4 is 28.2 Å². The lowest BCUT2D eigenvalue weighted by Crippen LogP contribution is -2.18. The second-order valence-corrected chi connectivity index (χ2v) is 5.00.